The summed E-state index contributed by atoms with van der Waals surface area (Å²) >= 11 is 0. The third-order valence-corrected chi connectivity index (χ3v) is 3.19. The van der Waals surface area contributed by atoms with E-state index in [0.29, 0.717) is 0 Å². The maximum Gasteiger partial charge on any atom is 0.186 e. The summed E-state index contributed by atoms with van der Waals surface area (Å²) in [6.45, 7) is 6.03. The Balaban J connectivity index is 0.00000137. The molecule has 5 nitrogen and oxygen atoms in total. The zero-order chi connectivity index (χ0) is 14.1. The maximum absolute atomic E-state index is 9.41. The highest BCUT2D eigenvalue weighted by molar-refractivity contribution is 4.90. The van der Waals surface area contributed by atoms with Gasteiger partial charge in [-0.2, -0.15) is 0 Å². The summed E-state index contributed by atoms with van der Waals surface area (Å²) in [5, 5.41) is 9.41. The lowest BCUT2D eigenvalue weighted by atomic mass is 9.88. The zero-order valence-electron chi connectivity index (χ0n) is 12.4. The van der Waals surface area contributed by atoms with Crippen molar-refractivity contribution in [3.63, 3.8) is 0 Å². The molecule has 1 heterocycles. The molecular weight excluding hydrogens is 236 g/mol. The second-order valence-electron chi connectivity index (χ2n) is 3.93. The summed E-state index contributed by atoms with van der Waals surface area (Å²) in [6.07, 6.45) is -0.218. The van der Waals surface area contributed by atoms with Gasteiger partial charge in [0, 0.05) is 27.2 Å². The Morgan fingerprint density at radius 3 is 1.89 bits per heavy atom. The fourth-order valence-electron chi connectivity index (χ4n) is 2.32. The zero-order valence-corrected chi connectivity index (χ0v) is 12.4. The summed E-state index contributed by atoms with van der Waals surface area (Å²) < 4.78 is 21.7. The molecule has 18 heavy (non-hydrogen) atoms. The van der Waals surface area contributed by atoms with Crippen LogP contribution in [0.15, 0.2) is 0 Å². The summed E-state index contributed by atoms with van der Waals surface area (Å²) in [7, 11) is 4.78. The Morgan fingerprint density at radius 2 is 1.56 bits per heavy atom. The van der Waals surface area contributed by atoms with Crippen molar-refractivity contribution in [1.82, 2.24) is 0 Å². The highest BCUT2D eigenvalue weighted by Crippen LogP contribution is 2.31. The van der Waals surface area contributed by atoms with Gasteiger partial charge in [0.25, 0.3) is 0 Å². The molecule has 0 aliphatic carbocycles. The molecule has 5 atom stereocenters. The average Bonchev–Trinajstić information content (AvgIpc) is 2.46. The maximum atomic E-state index is 9.41. The Morgan fingerprint density at radius 1 is 1.00 bits per heavy atom. The topological polar surface area (TPSA) is 57.2 Å². The smallest absolute Gasteiger partial charge is 0.186 e. The van der Waals surface area contributed by atoms with Gasteiger partial charge in [-0.1, -0.05) is 20.8 Å². The van der Waals surface area contributed by atoms with Crippen LogP contribution in [0.2, 0.25) is 0 Å². The minimum Gasteiger partial charge on any atom is -0.396 e. The summed E-state index contributed by atoms with van der Waals surface area (Å²) in [6, 6.07) is 0. The fourth-order valence-corrected chi connectivity index (χ4v) is 2.32. The van der Waals surface area contributed by atoms with Crippen LogP contribution in [-0.2, 0) is 18.9 Å². The van der Waals surface area contributed by atoms with E-state index in [4.69, 9.17) is 18.9 Å². The van der Waals surface area contributed by atoms with E-state index >= 15 is 0 Å². The van der Waals surface area contributed by atoms with Gasteiger partial charge in [0.1, 0.15) is 6.10 Å². The molecule has 110 valence electrons. The van der Waals surface area contributed by atoms with E-state index in [-0.39, 0.29) is 30.8 Å². The van der Waals surface area contributed by atoms with Crippen molar-refractivity contribution in [3.05, 3.63) is 0 Å². The Hall–Kier alpha value is -0.200. The molecule has 0 bridgehead atoms. The van der Waals surface area contributed by atoms with Crippen molar-refractivity contribution in [1.29, 1.82) is 0 Å². The van der Waals surface area contributed by atoms with Gasteiger partial charge in [-0.25, -0.2) is 0 Å². The van der Waals surface area contributed by atoms with Gasteiger partial charge in [-0.15, -0.1) is 0 Å². The van der Waals surface area contributed by atoms with Gasteiger partial charge >= 0.3 is 0 Å². The van der Waals surface area contributed by atoms with Gasteiger partial charge in [0.15, 0.2) is 6.29 Å². The lowest BCUT2D eigenvalue weighted by molar-refractivity contribution is -0.291. The normalized spacial score (nSPS) is 35.8. The van der Waals surface area contributed by atoms with Crippen LogP contribution in [0.4, 0.5) is 0 Å². The number of ether oxygens (including phenoxy) is 4. The van der Waals surface area contributed by atoms with E-state index in [1.54, 1.807) is 21.3 Å². The Labute approximate surface area is 110 Å². The molecule has 5 unspecified atom stereocenters. The van der Waals surface area contributed by atoms with Gasteiger partial charge < -0.3 is 24.1 Å². The molecule has 1 saturated heterocycles. The monoisotopic (exact) mass is 264 g/mol. The minimum atomic E-state index is -0.442. The molecule has 1 N–H and O–H groups in total. The lowest BCUT2D eigenvalue weighted by Crippen LogP contribution is -2.57. The molecule has 5 heteroatoms. The lowest BCUT2D eigenvalue weighted by Gasteiger charge is -2.44. The molecule has 0 aromatic carbocycles. The number of hydrogen-bond acceptors (Lipinski definition) is 5. The first kappa shape index (κ1) is 17.8. The number of aliphatic hydroxyl groups excluding tert-OH is 1. The summed E-state index contributed by atoms with van der Waals surface area (Å²) in [5.41, 5.74) is 0. The molecule has 0 aromatic rings. The molecule has 0 spiro atoms. The standard InChI is InChI=1S/C11H22O5.C2H6/c1-5-8-7(6-12)9(13-2)10(14-3)11(15-4)16-8;1-2/h7-12H,5-6H2,1-4H3;1-2H3. The number of aliphatic hydroxyl groups is 1. The first-order chi connectivity index (χ1) is 8.73. The molecule has 0 radical (unpaired) electrons. The van der Waals surface area contributed by atoms with Gasteiger partial charge in [-0.3, -0.25) is 0 Å². The SMILES string of the molecule is CC.CCC1OC(OC)C(OC)C(OC)C1CO. The van der Waals surface area contributed by atoms with Gasteiger partial charge in [0.2, 0.25) is 0 Å². The van der Waals surface area contributed by atoms with E-state index in [1.165, 1.54) is 0 Å². The second-order valence-corrected chi connectivity index (χ2v) is 3.93. The molecule has 1 fully saturated rings. The van der Waals surface area contributed by atoms with E-state index in [9.17, 15) is 5.11 Å². The first-order valence-corrected chi connectivity index (χ1v) is 6.58. The van der Waals surface area contributed by atoms with Gasteiger partial charge in [0.05, 0.1) is 18.8 Å². The van der Waals surface area contributed by atoms with Crippen molar-refractivity contribution in [2.75, 3.05) is 27.9 Å². The molecule has 1 aliphatic heterocycles. The summed E-state index contributed by atoms with van der Waals surface area (Å²) in [4.78, 5) is 0. The van der Waals surface area contributed by atoms with Crippen molar-refractivity contribution in [3.8, 4) is 0 Å². The molecule has 1 rings (SSSR count). The highest BCUT2D eigenvalue weighted by Gasteiger charge is 2.45. The van der Waals surface area contributed by atoms with E-state index in [1.807, 2.05) is 20.8 Å². The van der Waals surface area contributed by atoms with E-state index in [2.05, 4.69) is 0 Å². The largest absolute Gasteiger partial charge is 0.396 e. The molecule has 0 saturated carbocycles. The fraction of sp³-hybridized carbons (Fsp3) is 1.00. The predicted molar refractivity (Wildman–Crippen MR) is 69.5 cm³/mol. The first-order valence-electron chi connectivity index (χ1n) is 6.58. The van der Waals surface area contributed by atoms with Crippen LogP contribution in [-0.4, -0.2) is 57.6 Å². The number of rotatable bonds is 5. The molecule has 1 aliphatic rings. The number of hydrogen-bond donors (Lipinski definition) is 1. The van der Waals surface area contributed by atoms with Gasteiger partial charge in [-0.05, 0) is 6.42 Å². The van der Waals surface area contributed by atoms with Crippen LogP contribution in [0.3, 0.4) is 0 Å². The second kappa shape index (κ2) is 9.69. The van der Waals surface area contributed by atoms with Crippen LogP contribution in [0.5, 0.6) is 0 Å². The quantitative estimate of drug-likeness (QED) is 0.814. The van der Waals surface area contributed by atoms with Crippen molar-refractivity contribution in [2.45, 2.75) is 51.8 Å². The molecule has 0 amide bonds. The highest BCUT2D eigenvalue weighted by atomic mass is 16.7. The van der Waals surface area contributed by atoms with Crippen LogP contribution >= 0.6 is 0 Å². The molecular formula is C13H28O5. The Bertz CT molecular complexity index is 182. The van der Waals surface area contributed by atoms with Crippen molar-refractivity contribution < 1.29 is 24.1 Å². The average molecular weight is 264 g/mol. The van der Waals surface area contributed by atoms with E-state index in [0.717, 1.165) is 6.42 Å². The third kappa shape index (κ3) is 3.90. The summed E-state index contributed by atoms with van der Waals surface area (Å²) in [5.74, 6) is -0.0775. The Kier molecular flexibility index (Phi) is 9.59. The van der Waals surface area contributed by atoms with Crippen LogP contribution in [0.25, 0.3) is 0 Å². The third-order valence-electron chi connectivity index (χ3n) is 3.19. The number of methoxy groups -OCH3 is 3. The molecule has 0 aromatic heterocycles. The van der Waals surface area contributed by atoms with Crippen LogP contribution in [0, 0.1) is 5.92 Å². The van der Waals surface area contributed by atoms with E-state index < -0.39 is 6.29 Å². The predicted octanol–water partition coefficient (Wildman–Crippen LogP) is 1.43. The van der Waals surface area contributed by atoms with Crippen LogP contribution < -0.4 is 0 Å². The van der Waals surface area contributed by atoms with Crippen molar-refractivity contribution >= 4 is 0 Å². The minimum absolute atomic E-state index is 0.0211. The van der Waals surface area contributed by atoms with Crippen molar-refractivity contribution in [2.24, 2.45) is 5.92 Å². The van der Waals surface area contributed by atoms with Crippen LogP contribution in [0.1, 0.15) is 27.2 Å².